The molecule has 0 bridgehead atoms. The normalized spacial score (nSPS) is 14.1. The van der Waals surface area contributed by atoms with Gasteiger partial charge in [-0.3, -0.25) is 9.78 Å². The molecule has 2 aromatic rings. The van der Waals surface area contributed by atoms with Crippen LogP contribution in [0.4, 0.5) is 0 Å². The van der Waals surface area contributed by atoms with Crippen LogP contribution >= 0.6 is 0 Å². The summed E-state index contributed by atoms with van der Waals surface area (Å²) in [6, 6.07) is 0. The molecule has 0 radical (unpaired) electrons. The van der Waals surface area contributed by atoms with Crippen molar-refractivity contribution in [2.75, 3.05) is 6.54 Å². The minimum Gasteiger partial charge on any atom is -0.332 e. The Morgan fingerprint density at radius 2 is 2.11 bits per heavy atom. The van der Waals surface area contributed by atoms with Crippen molar-refractivity contribution in [1.82, 2.24) is 24.8 Å². The first kappa shape index (κ1) is 10.8. The SMILES string of the molecule is O=C(c1cnccn1)N1CCc2ncncc2C1. The van der Waals surface area contributed by atoms with Gasteiger partial charge in [0, 0.05) is 43.7 Å². The fourth-order valence-electron chi connectivity index (χ4n) is 2.01. The van der Waals surface area contributed by atoms with Gasteiger partial charge in [0.15, 0.2) is 0 Å². The fourth-order valence-corrected chi connectivity index (χ4v) is 2.01. The second kappa shape index (κ2) is 4.48. The summed E-state index contributed by atoms with van der Waals surface area (Å²) in [6.07, 6.45) is 8.62. The lowest BCUT2D eigenvalue weighted by Gasteiger charge is -2.27. The van der Waals surface area contributed by atoms with Crippen molar-refractivity contribution in [3.63, 3.8) is 0 Å². The minimum atomic E-state index is -0.0994. The Balaban J connectivity index is 1.82. The molecular formula is C12H11N5O. The predicted octanol–water partition coefficient (Wildman–Crippen LogP) is 0.465. The van der Waals surface area contributed by atoms with Crippen molar-refractivity contribution in [3.05, 3.63) is 48.1 Å². The monoisotopic (exact) mass is 241 g/mol. The number of rotatable bonds is 1. The summed E-state index contributed by atoms with van der Waals surface area (Å²) in [6.45, 7) is 1.19. The molecule has 0 aromatic carbocycles. The number of hydrogen-bond donors (Lipinski definition) is 0. The number of hydrogen-bond acceptors (Lipinski definition) is 5. The fraction of sp³-hybridized carbons (Fsp3) is 0.250. The Morgan fingerprint density at radius 3 is 2.94 bits per heavy atom. The number of amides is 1. The van der Waals surface area contributed by atoms with Gasteiger partial charge in [0.25, 0.3) is 5.91 Å². The quantitative estimate of drug-likeness (QED) is 0.725. The zero-order chi connectivity index (χ0) is 12.4. The van der Waals surface area contributed by atoms with Crippen LogP contribution in [0, 0.1) is 0 Å². The molecule has 6 nitrogen and oxygen atoms in total. The molecule has 1 amide bonds. The third-order valence-electron chi connectivity index (χ3n) is 2.93. The summed E-state index contributed by atoms with van der Waals surface area (Å²) in [5.41, 5.74) is 2.40. The van der Waals surface area contributed by atoms with E-state index in [1.165, 1.54) is 12.4 Å². The van der Waals surface area contributed by atoms with E-state index >= 15 is 0 Å². The molecule has 0 spiro atoms. The third kappa shape index (κ3) is 1.92. The van der Waals surface area contributed by atoms with Gasteiger partial charge in [0.2, 0.25) is 0 Å². The maximum Gasteiger partial charge on any atom is 0.274 e. The molecule has 0 N–H and O–H groups in total. The highest BCUT2D eigenvalue weighted by atomic mass is 16.2. The molecule has 1 aliphatic heterocycles. The Kier molecular flexibility index (Phi) is 2.68. The molecule has 2 aromatic heterocycles. The number of aromatic nitrogens is 4. The molecule has 18 heavy (non-hydrogen) atoms. The van der Waals surface area contributed by atoms with Crippen molar-refractivity contribution < 1.29 is 4.79 Å². The van der Waals surface area contributed by atoms with Crippen molar-refractivity contribution >= 4 is 5.91 Å². The van der Waals surface area contributed by atoms with Crippen LogP contribution in [0.3, 0.4) is 0 Å². The molecule has 6 heteroatoms. The Labute approximate surface area is 104 Å². The number of nitrogens with zero attached hydrogens (tertiary/aromatic N) is 5. The highest BCUT2D eigenvalue weighted by molar-refractivity contribution is 5.92. The first-order valence-electron chi connectivity index (χ1n) is 5.67. The zero-order valence-corrected chi connectivity index (χ0v) is 9.65. The van der Waals surface area contributed by atoms with E-state index in [-0.39, 0.29) is 5.91 Å². The second-order valence-corrected chi connectivity index (χ2v) is 4.06. The molecule has 90 valence electrons. The smallest absolute Gasteiger partial charge is 0.274 e. The first-order chi connectivity index (χ1) is 8.84. The number of fused-ring (bicyclic) bond motifs is 1. The van der Waals surface area contributed by atoms with E-state index in [9.17, 15) is 4.79 Å². The Bertz CT molecular complexity index is 572. The van der Waals surface area contributed by atoms with E-state index < -0.39 is 0 Å². The van der Waals surface area contributed by atoms with Crippen LogP contribution in [-0.2, 0) is 13.0 Å². The van der Waals surface area contributed by atoms with Crippen molar-refractivity contribution in [2.45, 2.75) is 13.0 Å². The summed E-state index contributed by atoms with van der Waals surface area (Å²) >= 11 is 0. The van der Waals surface area contributed by atoms with Crippen LogP contribution in [-0.4, -0.2) is 37.3 Å². The van der Waals surface area contributed by atoms with Gasteiger partial charge in [0.05, 0.1) is 11.9 Å². The maximum atomic E-state index is 12.2. The van der Waals surface area contributed by atoms with Gasteiger partial charge in [-0.1, -0.05) is 0 Å². The van der Waals surface area contributed by atoms with Crippen molar-refractivity contribution in [3.8, 4) is 0 Å². The molecule has 0 atom stereocenters. The highest BCUT2D eigenvalue weighted by Gasteiger charge is 2.23. The largest absolute Gasteiger partial charge is 0.332 e. The Morgan fingerprint density at radius 1 is 1.17 bits per heavy atom. The maximum absolute atomic E-state index is 12.2. The summed E-state index contributed by atoms with van der Waals surface area (Å²) in [4.78, 5) is 30.1. The van der Waals surface area contributed by atoms with E-state index in [0.29, 0.717) is 18.8 Å². The minimum absolute atomic E-state index is 0.0994. The standard InChI is InChI=1S/C12H11N5O/c18-12(11-6-13-2-3-15-11)17-4-1-10-9(7-17)5-14-8-16-10/h2-3,5-6,8H,1,4,7H2. The number of carbonyl (C=O) groups excluding carboxylic acids is 1. The van der Waals surface area contributed by atoms with Gasteiger partial charge in [-0.25, -0.2) is 15.0 Å². The van der Waals surface area contributed by atoms with Crippen LogP contribution in [0.15, 0.2) is 31.1 Å². The lowest BCUT2D eigenvalue weighted by atomic mass is 10.1. The van der Waals surface area contributed by atoms with Crippen LogP contribution in [0.25, 0.3) is 0 Å². The van der Waals surface area contributed by atoms with Gasteiger partial charge >= 0.3 is 0 Å². The summed E-state index contributed by atoms with van der Waals surface area (Å²) < 4.78 is 0. The summed E-state index contributed by atoms with van der Waals surface area (Å²) in [7, 11) is 0. The molecule has 0 aliphatic carbocycles. The average Bonchev–Trinajstić information content (AvgIpc) is 2.47. The molecule has 0 saturated carbocycles. The molecule has 3 heterocycles. The molecular weight excluding hydrogens is 230 g/mol. The van der Waals surface area contributed by atoms with Gasteiger partial charge < -0.3 is 4.90 Å². The van der Waals surface area contributed by atoms with E-state index in [1.54, 1.807) is 23.6 Å². The molecule has 0 saturated heterocycles. The highest BCUT2D eigenvalue weighted by Crippen LogP contribution is 2.16. The van der Waals surface area contributed by atoms with Gasteiger partial charge in [-0.15, -0.1) is 0 Å². The van der Waals surface area contributed by atoms with Gasteiger partial charge in [-0.2, -0.15) is 0 Å². The Hall–Kier alpha value is -2.37. The predicted molar refractivity (Wildman–Crippen MR) is 62.5 cm³/mol. The van der Waals surface area contributed by atoms with E-state index in [0.717, 1.165) is 17.7 Å². The van der Waals surface area contributed by atoms with E-state index in [1.807, 2.05) is 0 Å². The topological polar surface area (TPSA) is 71.9 Å². The molecule has 0 unspecified atom stereocenters. The zero-order valence-electron chi connectivity index (χ0n) is 9.65. The molecule has 3 rings (SSSR count). The average molecular weight is 241 g/mol. The summed E-state index contributed by atoms with van der Waals surface area (Å²) in [5.74, 6) is -0.0994. The molecule has 1 aliphatic rings. The van der Waals surface area contributed by atoms with Crippen LogP contribution < -0.4 is 0 Å². The number of carbonyl (C=O) groups is 1. The lowest BCUT2D eigenvalue weighted by molar-refractivity contribution is 0.0727. The molecule has 0 fully saturated rings. The van der Waals surface area contributed by atoms with Crippen LogP contribution in [0.1, 0.15) is 21.7 Å². The van der Waals surface area contributed by atoms with Crippen molar-refractivity contribution in [2.24, 2.45) is 0 Å². The van der Waals surface area contributed by atoms with Crippen LogP contribution in [0.5, 0.6) is 0 Å². The van der Waals surface area contributed by atoms with Crippen molar-refractivity contribution in [1.29, 1.82) is 0 Å². The third-order valence-corrected chi connectivity index (χ3v) is 2.93. The first-order valence-corrected chi connectivity index (χ1v) is 5.67. The van der Waals surface area contributed by atoms with Crippen LogP contribution in [0.2, 0.25) is 0 Å². The summed E-state index contributed by atoms with van der Waals surface area (Å²) in [5, 5.41) is 0. The van der Waals surface area contributed by atoms with Gasteiger partial charge in [-0.05, 0) is 0 Å². The van der Waals surface area contributed by atoms with E-state index in [2.05, 4.69) is 19.9 Å². The van der Waals surface area contributed by atoms with E-state index in [4.69, 9.17) is 0 Å². The second-order valence-electron chi connectivity index (χ2n) is 4.06. The van der Waals surface area contributed by atoms with Gasteiger partial charge in [0.1, 0.15) is 12.0 Å². The lowest BCUT2D eigenvalue weighted by Crippen LogP contribution is -2.36.